The Morgan fingerprint density at radius 3 is 3.00 bits per heavy atom. The van der Waals surface area contributed by atoms with Crippen molar-refractivity contribution < 1.29 is 9.53 Å². The molecule has 5 heteroatoms. The van der Waals surface area contributed by atoms with Gasteiger partial charge in [0.25, 0.3) is 0 Å². The topological polar surface area (TPSA) is 41.6 Å². The van der Waals surface area contributed by atoms with Gasteiger partial charge in [0.05, 0.1) is 12.5 Å². The van der Waals surface area contributed by atoms with E-state index in [-0.39, 0.29) is 11.8 Å². The van der Waals surface area contributed by atoms with Crippen molar-refractivity contribution in [3.05, 3.63) is 11.6 Å². The number of nitrogens with zero attached hydrogens (tertiary/aromatic N) is 1. The molecule has 4 nitrogen and oxygen atoms in total. The third kappa shape index (κ3) is 4.96. The van der Waals surface area contributed by atoms with Crippen LogP contribution in [0.1, 0.15) is 19.8 Å². The summed E-state index contributed by atoms with van der Waals surface area (Å²) in [4.78, 5) is 14.3. The van der Waals surface area contributed by atoms with E-state index in [1.54, 1.807) is 7.11 Å². The molecular weight excluding hydrogens is 252 g/mol. The number of ether oxygens (including phenoxy) is 1. The number of carbonyl (C=O) groups is 1. The van der Waals surface area contributed by atoms with Gasteiger partial charge in [0, 0.05) is 38.3 Å². The average molecular weight is 275 g/mol. The van der Waals surface area contributed by atoms with Gasteiger partial charge in [0.2, 0.25) is 5.91 Å². The molecule has 1 rings (SSSR count). The highest BCUT2D eigenvalue weighted by Crippen LogP contribution is 2.21. The fourth-order valence-corrected chi connectivity index (χ4v) is 2.32. The van der Waals surface area contributed by atoms with Gasteiger partial charge in [0.15, 0.2) is 0 Å². The summed E-state index contributed by atoms with van der Waals surface area (Å²) in [5.74, 6) is 0.223. The third-order valence-corrected chi connectivity index (χ3v) is 3.59. The molecule has 1 heterocycles. The zero-order valence-corrected chi connectivity index (χ0v) is 11.9. The van der Waals surface area contributed by atoms with Gasteiger partial charge in [-0.05, 0) is 19.8 Å². The van der Waals surface area contributed by atoms with Gasteiger partial charge >= 0.3 is 0 Å². The fraction of sp³-hybridized carbons (Fsp3) is 0.769. The Morgan fingerprint density at radius 2 is 2.33 bits per heavy atom. The minimum Gasteiger partial charge on any atom is -0.383 e. The molecule has 1 fully saturated rings. The second-order valence-electron chi connectivity index (χ2n) is 4.72. The Bertz CT molecular complexity index is 284. The molecule has 0 radical (unpaired) electrons. The van der Waals surface area contributed by atoms with Gasteiger partial charge in [-0.1, -0.05) is 17.7 Å². The van der Waals surface area contributed by atoms with Crippen molar-refractivity contribution in [3.8, 4) is 0 Å². The second kappa shape index (κ2) is 8.51. The van der Waals surface area contributed by atoms with Gasteiger partial charge in [0.1, 0.15) is 0 Å². The number of methoxy groups -OCH3 is 1. The third-order valence-electron chi connectivity index (χ3n) is 3.42. The molecule has 104 valence electrons. The number of amides is 1. The minimum atomic E-state index is 0.0850. The lowest BCUT2D eigenvalue weighted by Gasteiger charge is -2.36. The smallest absolute Gasteiger partial charge is 0.224 e. The van der Waals surface area contributed by atoms with Gasteiger partial charge in [-0.2, -0.15) is 0 Å². The highest BCUT2D eigenvalue weighted by Gasteiger charge is 2.28. The maximum absolute atomic E-state index is 12.0. The molecule has 0 aromatic rings. The summed E-state index contributed by atoms with van der Waals surface area (Å²) in [7, 11) is 1.63. The van der Waals surface area contributed by atoms with E-state index >= 15 is 0 Å². The molecule has 0 aromatic carbocycles. The van der Waals surface area contributed by atoms with Gasteiger partial charge < -0.3 is 10.1 Å². The van der Waals surface area contributed by atoms with Crippen LogP contribution in [0.2, 0.25) is 0 Å². The fourth-order valence-electron chi connectivity index (χ4n) is 2.24. The Balaban J connectivity index is 2.40. The Labute approximate surface area is 114 Å². The normalized spacial score (nSPS) is 25.5. The summed E-state index contributed by atoms with van der Waals surface area (Å²) in [6, 6.07) is 0.515. The molecule has 1 amide bonds. The van der Waals surface area contributed by atoms with E-state index in [4.69, 9.17) is 16.3 Å². The Hall–Kier alpha value is -0.580. The van der Waals surface area contributed by atoms with E-state index in [2.05, 4.69) is 17.1 Å². The summed E-state index contributed by atoms with van der Waals surface area (Å²) in [6.07, 6.45) is 3.93. The lowest BCUT2D eigenvalue weighted by Crippen LogP contribution is -2.47. The Morgan fingerprint density at radius 1 is 1.56 bits per heavy atom. The van der Waals surface area contributed by atoms with Crippen LogP contribution in [0.5, 0.6) is 0 Å². The number of rotatable bonds is 6. The van der Waals surface area contributed by atoms with Crippen molar-refractivity contribution in [3.63, 3.8) is 0 Å². The van der Waals surface area contributed by atoms with Crippen LogP contribution in [0.15, 0.2) is 11.6 Å². The molecule has 1 aliphatic rings. The van der Waals surface area contributed by atoms with Crippen molar-refractivity contribution in [1.29, 1.82) is 0 Å². The number of hydrogen-bond donors (Lipinski definition) is 1. The summed E-state index contributed by atoms with van der Waals surface area (Å²) in [5, 5.41) is 2.91. The standard InChI is InChI=1S/C13H23ClN2O2/c1-11-4-5-12(10-16(11)8-3-6-14)13(17)15-7-9-18-2/h3,6,11-12H,4-5,7-10H2,1-2H3,(H,15,17)/b6-3+. The van der Waals surface area contributed by atoms with Crippen LogP contribution < -0.4 is 5.32 Å². The lowest BCUT2D eigenvalue weighted by atomic mass is 9.92. The summed E-state index contributed by atoms with van der Waals surface area (Å²) >= 11 is 5.55. The monoisotopic (exact) mass is 274 g/mol. The van der Waals surface area contributed by atoms with Gasteiger partial charge in [-0.25, -0.2) is 0 Å². The molecule has 2 atom stereocenters. The highest BCUT2D eigenvalue weighted by atomic mass is 35.5. The van der Waals surface area contributed by atoms with Gasteiger partial charge in [-0.3, -0.25) is 9.69 Å². The van der Waals surface area contributed by atoms with Crippen molar-refractivity contribution in [1.82, 2.24) is 10.2 Å². The van der Waals surface area contributed by atoms with Crippen LogP contribution in [0.4, 0.5) is 0 Å². The van der Waals surface area contributed by atoms with Crippen molar-refractivity contribution in [2.24, 2.45) is 5.92 Å². The zero-order valence-electron chi connectivity index (χ0n) is 11.2. The molecule has 0 saturated carbocycles. The first kappa shape index (κ1) is 15.5. The van der Waals surface area contributed by atoms with E-state index < -0.39 is 0 Å². The maximum Gasteiger partial charge on any atom is 0.224 e. The maximum atomic E-state index is 12.0. The second-order valence-corrected chi connectivity index (χ2v) is 4.97. The molecule has 18 heavy (non-hydrogen) atoms. The summed E-state index contributed by atoms with van der Waals surface area (Å²) in [5.41, 5.74) is 1.54. The first-order valence-electron chi connectivity index (χ1n) is 6.45. The predicted octanol–water partition coefficient (Wildman–Crippen LogP) is 1.60. The lowest BCUT2D eigenvalue weighted by molar-refractivity contribution is -0.127. The van der Waals surface area contributed by atoms with E-state index in [0.717, 1.165) is 25.9 Å². The van der Waals surface area contributed by atoms with Crippen LogP contribution in [0.25, 0.3) is 0 Å². The molecule has 2 unspecified atom stereocenters. The summed E-state index contributed by atoms with van der Waals surface area (Å²) < 4.78 is 4.92. The van der Waals surface area contributed by atoms with Crippen molar-refractivity contribution in [2.75, 3.05) is 33.4 Å². The number of carbonyl (C=O) groups excluding carboxylic acids is 1. The number of piperidine rings is 1. The van der Waals surface area contributed by atoms with Crippen LogP contribution in [-0.2, 0) is 9.53 Å². The molecule has 0 aromatic heterocycles. The van der Waals surface area contributed by atoms with E-state index in [1.165, 1.54) is 5.54 Å². The SMILES string of the molecule is COCCNC(=O)C1CCC(C)N(C/C=C/Cl)C1. The Kier molecular flexibility index (Phi) is 7.32. The predicted molar refractivity (Wildman–Crippen MR) is 73.6 cm³/mol. The minimum absolute atomic E-state index is 0.0850. The molecular formula is C13H23ClN2O2. The van der Waals surface area contributed by atoms with Crippen LogP contribution >= 0.6 is 11.6 Å². The average Bonchev–Trinajstić information content (AvgIpc) is 2.38. The molecule has 0 bridgehead atoms. The molecule has 0 spiro atoms. The molecule has 1 aliphatic heterocycles. The molecule has 0 aliphatic carbocycles. The van der Waals surface area contributed by atoms with Crippen molar-refractivity contribution >= 4 is 17.5 Å². The first-order valence-corrected chi connectivity index (χ1v) is 6.88. The van der Waals surface area contributed by atoms with Crippen molar-refractivity contribution in [2.45, 2.75) is 25.8 Å². The largest absolute Gasteiger partial charge is 0.383 e. The number of hydrogen-bond acceptors (Lipinski definition) is 3. The van der Waals surface area contributed by atoms with E-state index in [9.17, 15) is 4.79 Å². The van der Waals surface area contributed by atoms with E-state index in [1.807, 2.05) is 6.08 Å². The van der Waals surface area contributed by atoms with E-state index in [0.29, 0.717) is 19.2 Å². The van der Waals surface area contributed by atoms with Crippen LogP contribution in [-0.4, -0.2) is 50.2 Å². The van der Waals surface area contributed by atoms with Crippen LogP contribution in [0.3, 0.4) is 0 Å². The van der Waals surface area contributed by atoms with Gasteiger partial charge in [-0.15, -0.1) is 0 Å². The zero-order chi connectivity index (χ0) is 13.4. The first-order chi connectivity index (χ1) is 8.69. The molecule has 1 N–H and O–H groups in total. The number of likely N-dealkylation sites (tertiary alicyclic amines) is 1. The quantitative estimate of drug-likeness (QED) is 0.748. The number of nitrogens with one attached hydrogen (secondary N) is 1. The van der Waals surface area contributed by atoms with Crippen LogP contribution in [0, 0.1) is 5.92 Å². The number of halogens is 1. The molecule has 1 saturated heterocycles. The highest BCUT2D eigenvalue weighted by molar-refractivity contribution is 6.25. The summed E-state index contributed by atoms with van der Waals surface area (Å²) in [6.45, 7) is 4.96.